The van der Waals surface area contributed by atoms with Gasteiger partial charge in [0.25, 0.3) is 0 Å². The van der Waals surface area contributed by atoms with Gasteiger partial charge >= 0.3 is 0 Å². The topological polar surface area (TPSA) is 63.2 Å². The van der Waals surface area contributed by atoms with Crippen LogP contribution in [-0.4, -0.2) is 36.7 Å². The van der Waals surface area contributed by atoms with E-state index in [0.717, 1.165) is 31.6 Å². The number of carbonyl (C=O) groups is 1. The van der Waals surface area contributed by atoms with Crippen molar-refractivity contribution in [3.63, 3.8) is 0 Å². The van der Waals surface area contributed by atoms with Crippen molar-refractivity contribution in [1.29, 1.82) is 0 Å². The Morgan fingerprint density at radius 1 is 1.50 bits per heavy atom. The zero-order chi connectivity index (χ0) is 14.2. The largest absolute Gasteiger partial charge is 0.381 e. The van der Waals surface area contributed by atoms with Gasteiger partial charge in [-0.3, -0.25) is 9.78 Å². The molecule has 0 aromatic carbocycles. The van der Waals surface area contributed by atoms with Crippen molar-refractivity contribution in [3.05, 3.63) is 30.1 Å². The Kier molecular flexibility index (Phi) is 5.95. The molecule has 1 fully saturated rings. The van der Waals surface area contributed by atoms with Crippen LogP contribution in [0.1, 0.15) is 25.3 Å². The van der Waals surface area contributed by atoms with Gasteiger partial charge in [0.2, 0.25) is 5.91 Å². The second kappa shape index (κ2) is 7.97. The summed E-state index contributed by atoms with van der Waals surface area (Å²) >= 11 is 0. The van der Waals surface area contributed by atoms with E-state index in [1.807, 2.05) is 12.1 Å². The Morgan fingerprint density at radius 2 is 2.30 bits per heavy atom. The van der Waals surface area contributed by atoms with E-state index >= 15 is 0 Å². The van der Waals surface area contributed by atoms with Crippen molar-refractivity contribution in [3.8, 4) is 0 Å². The van der Waals surface area contributed by atoms with Crippen LogP contribution in [0.3, 0.4) is 0 Å². The third-order valence-corrected chi connectivity index (χ3v) is 3.77. The molecule has 2 N–H and O–H groups in total. The van der Waals surface area contributed by atoms with E-state index in [2.05, 4.69) is 22.5 Å². The number of hydrogen-bond acceptors (Lipinski definition) is 4. The highest BCUT2D eigenvalue weighted by Crippen LogP contribution is 2.18. The lowest BCUT2D eigenvalue weighted by Gasteiger charge is -2.28. The van der Waals surface area contributed by atoms with E-state index in [9.17, 15) is 4.79 Å². The first kappa shape index (κ1) is 14.9. The lowest BCUT2D eigenvalue weighted by molar-refractivity contribution is -0.120. The minimum absolute atomic E-state index is 0.0211. The Morgan fingerprint density at radius 3 is 3.00 bits per heavy atom. The van der Waals surface area contributed by atoms with E-state index in [0.29, 0.717) is 25.0 Å². The average Bonchev–Trinajstić information content (AvgIpc) is 2.52. The highest BCUT2D eigenvalue weighted by atomic mass is 16.5. The van der Waals surface area contributed by atoms with Gasteiger partial charge < -0.3 is 15.4 Å². The lowest BCUT2D eigenvalue weighted by Crippen LogP contribution is -2.42. The predicted octanol–water partition coefficient (Wildman–Crippen LogP) is 1.10. The smallest absolute Gasteiger partial charge is 0.234 e. The molecule has 110 valence electrons. The van der Waals surface area contributed by atoms with Crippen LogP contribution in [0.2, 0.25) is 0 Å². The molecule has 0 radical (unpaired) electrons. The molecule has 0 saturated carbocycles. The molecule has 20 heavy (non-hydrogen) atoms. The number of aromatic nitrogens is 1. The Labute approximate surface area is 120 Å². The standard InChI is InChI=1S/C15H23N3O2/c1-12(14-4-7-20-8-5-14)17-11-15(19)18-10-13-3-2-6-16-9-13/h2-3,6,9,12,14,17H,4-5,7-8,10-11H2,1H3,(H,18,19). The van der Waals surface area contributed by atoms with Gasteiger partial charge in [0, 0.05) is 38.2 Å². The van der Waals surface area contributed by atoms with Gasteiger partial charge in [-0.05, 0) is 37.3 Å². The summed E-state index contributed by atoms with van der Waals surface area (Å²) in [5.74, 6) is 0.627. The van der Waals surface area contributed by atoms with Crippen molar-refractivity contribution in [1.82, 2.24) is 15.6 Å². The van der Waals surface area contributed by atoms with Crippen molar-refractivity contribution < 1.29 is 9.53 Å². The maximum Gasteiger partial charge on any atom is 0.234 e. The molecule has 0 bridgehead atoms. The van der Waals surface area contributed by atoms with Crippen LogP contribution in [0.15, 0.2) is 24.5 Å². The van der Waals surface area contributed by atoms with Crippen molar-refractivity contribution in [2.75, 3.05) is 19.8 Å². The van der Waals surface area contributed by atoms with Gasteiger partial charge in [-0.2, -0.15) is 0 Å². The second-order valence-corrected chi connectivity index (χ2v) is 5.26. The molecule has 1 aromatic rings. The van der Waals surface area contributed by atoms with E-state index < -0.39 is 0 Å². The number of nitrogens with zero attached hydrogens (tertiary/aromatic N) is 1. The van der Waals surface area contributed by atoms with Crippen LogP contribution in [-0.2, 0) is 16.1 Å². The monoisotopic (exact) mass is 277 g/mol. The molecule has 5 nitrogen and oxygen atoms in total. The van der Waals surface area contributed by atoms with Crippen LogP contribution in [0.25, 0.3) is 0 Å². The Hall–Kier alpha value is -1.46. The molecule has 1 saturated heterocycles. The Balaban J connectivity index is 1.64. The molecule has 1 unspecified atom stereocenters. The molecule has 2 rings (SSSR count). The van der Waals surface area contributed by atoms with Crippen molar-refractivity contribution in [2.45, 2.75) is 32.4 Å². The summed E-state index contributed by atoms with van der Waals surface area (Å²) in [5.41, 5.74) is 1.01. The SMILES string of the molecule is CC(NCC(=O)NCc1cccnc1)C1CCOCC1. The molecule has 2 heterocycles. The first-order chi connectivity index (χ1) is 9.75. The van der Waals surface area contributed by atoms with Gasteiger partial charge in [-0.25, -0.2) is 0 Å². The lowest BCUT2D eigenvalue weighted by atomic mass is 9.93. The Bertz CT molecular complexity index is 405. The number of pyridine rings is 1. The maximum atomic E-state index is 11.8. The number of amides is 1. The number of ether oxygens (including phenoxy) is 1. The summed E-state index contributed by atoms with van der Waals surface area (Å²) in [7, 11) is 0. The highest BCUT2D eigenvalue weighted by Gasteiger charge is 2.20. The number of nitrogens with one attached hydrogen (secondary N) is 2. The van der Waals surface area contributed by atoms with Gasteiger partial charge in [0.05, 0.1) is 6.54 Å². The maximum absolute atomic E-state index is 11.8. The van der Waals surface area contributed by atoms with Crippen molar-refractivity contribution >= 4 is 5.91 Å². The van der Waals surface area contributed by atoms with Crippen LogP contribution in [0, 0.1) is 5.92 Å². The molecule has 0 spiro atoms. The number of hydrogen-bond donors (Lipinski definition) is 2. The van der Waals surface area contributed by atoms with Crippen LogP contribution in [0.4, 0.5) is 0 Å². The molecule has 1 aliphatic rings. The first-order valence-corrected chi connectivity index (χ1v) is 7.22. The van der Waals surface area contributed by atoms with E-state index in [-0.39, 0.29) is 5.91 Å². The highest BCUT2D eigenvalue weighted by molar-refractivity contribution is 5.77. The second-order valence-electron chi connectivity index (χ2n) is 5.26. The third-order valence-electron chi connectivity index (χ3n) is 3.77. The molecule has 0 aliphatic carbocycles. The van der Waals surface area contributed by atoms with Crippen LogP contribution >= 0.6 is 0 Å². The average molecular weight is 277 g/mol. The zero-order valence-corrected chi connectivity index (χ0v) is 12.0. The summed E-state index contributed by atoms with van der Waals surface area (Å²) in [6.07, 6.45) is 5.64. The van der Waals surface area contributed by atoms with Gasteiger partial charge in [-0.1, -0.05) is 6.07 Å². The molecule has 1 aromatic heterocycles. The summed E-state index contributed by atoms with van der Waals surface area (Å²) in [4.78, 5) is 15.8. The molecular weight excluding hydrogens is 254 g/mol. The summed E-state index contributed by atoms with van der Waals surface area (Å²) in [5, 5.41) is 6.20. The number of carbonyl (C=O) groups excluding carboxylic acids is 1. The minimum Gasteiger partial charge on any atom is -0.381 e. The fourth-order valence-corrected chi connectivity index (χ4v) is 2.40. The molecule has 1 amide bonds. The summed E-state index contributed by atoms with van der Waals surface area (Å²) in [6, 6.07) is 4.17. The molecular formula is C15H23N3O2. The van der Waals surface area contributed by atoms with Gasteiger partial charge in [0.15, 0.2) is 0 Å². The predicted molar refractivity (Wildman–Crippen MR) is 77.1 cm³/mol. The molecule has 5 heteroatoms. The first-order valence-electron chi connectivity index (χ1n) is 7.22. The summed E-state index contributed by atoms with van der Waals surface area (Å²) in [6.45, 7) is 4.71. The van der Waals surface area contributed by atoms with Gasteiger partial charge in [0.1, 0.15) is 0 Å². The van der Waals surface area contributed by atoms with E-state index in [1.54, 1.807) is 12.4 Å². The van der Waals surface area contributed by atoms with Crippen LogP contribution < -0.4 is 10.6 Å². The third kappa shape index (κ3) is 4.90. The van der Waals surface area contributed by atoms with Gasteiger partial charge in [-0.15, -0.1) is 0 Å². The minimum atomic E-state index is 0.0211. The fraction of sp³-hybridized carbons (Fsp3) is 0.600. The van der Waals surface area contributed by atoms with E-state index in [4.69, 9.17) is 4.74 Å². The summed E-state index contributed by atoms with van der Waals surface area (Å²) < 4.78 is 5.35. The fourth-order valence-electron chi connectivity index (χ4n) is 2.40. The number of rotatable bonds is 6. The quantitative estimate of drug-likeness (QED) is 0.817. The molecule has 1 atom stereocenters. The van der Waals surface area contributed by atoms with Crippen molar-refractivity contribution in [2.24, 2.45) is 5.92 Å². The normalized spacial score (nSPS) is 17.6. The zero-order valence-electron chi connectivity index (χ0n) is 12.0. The van der Waals surface area contributed by atoms with E-state index in [1.165, 1.54) is 0 Å². The van der Waals surface area contributed by atoms with Crippen LogP contribution in [0.5, 0.6) is 0 Å². The molecule has 1 aliphatic heterocycles.